The molecule has 0 spiro atoms. The number of carbonyl (C=O) groups is 1. The van der Waals surface area contributed by atoms with Crippen LogP contribution in [0.2, 0.25) is 5.02 Å². The number of nitrogens with zero attached hydrogens (tertiary/aromatic N) is 1. The molecule has 1 aromatic carbocycles. The van der Waals surface area contributed by atoms with Crippen molar-refractivity contribution in [2.24, 2.45) is 5.73 Å². The van der Waals surface area contributed by atoms with Gasteiger partial charge in [0.1, 0.15) is 12.4 Å². The first kappa shape index (κ1) is 13.4. The van der Waals surface area contributed by atoms with E-state index in [2.05, 4.69) is 0 Å². The Bertz CT molecular complexity index is 413. The molecule has 0 aliphatic heterocycles. The third kappa shape index (κ3) is 4.78. The van der Waals surface area contributed by atoms with Gasteiger partial charge in [0.25, 0.3) is 0 Å². The maximum atomic E-state index is 11.4. The normalized spacial score (nSPS) is 11.1. The predicted molar refractivity (Wildman–Crippen MR) is 67.2 cm³/mol. The molecule has 0 saturated carbocycles. The lowest BCUT2D eigenvalue weighted by atomic mass is 10.2. The standard InChI is InChI=1S/C12H15ClN2O2/c1-15(2)11(14)7-12(16)17-8-9-3-5-10(13)6-4-9/h3-7H,8,14H2,1-2H3. The van der Waals surface area contributed by atoms with Crippen LogP contribution in [0.3, 0.4) is 0 Å². The van der Waals surface area contributed by atoms with Gasteiger partial charge in [0.2, 0.25) is 0 Å². The summed E-state index contributed by atoms with van der Waals surface area (Å²) in [7, 11) is 3.50. The molecule has 2 N–H and O–H groups in total. The van der Waals surface area contributed by atoms with E-state index in [1.807, 2.05) is 0 Å². The average molecular weight is 255 g/mol. The van der Waals surface area contributed by atoms with Gasteiger partial charge in [-0.05, 0) is 17.7 Å². The fraction of sp³-hybridized carbons (Fsp3) is 0.250. The minimum Gasteiger partial charge on any atom is -0.458 e. The van der Waals surface area contributed by atoms with Crippen molar-refractivity contribution < 1.29 is 9.53 Å². The van der Waals surface area contributed by atoms with Crippen LogP contribution >= 0.6 is 11.6 Å². The molecule has 0 atom stereocenters. The minimum atomic E-state index is -0.467. The highest BCUT2D eigenvalue weighted by atomic mass is 35.5. The van der Waals surface area contributed by atoms with Crippen LogP contribution in [0.5, 0.6) is 0 Å². The lowest BCUT2D eigenvalue weighted by Gasteiger charge is -2.11. The van der Waals surface area contributed by atoms with Gasteiger partial charge < -0.3 is 15.4 Å². The summed E-state index contributed by atoms with van der Waals surface area (Å²) in [6.45, 7) is 0.202. The Kier molecular flexibility index (Phi) is 4.84. The highest BCUT2D eigenvalue weighted by molar-refractivity contribution is 6.30. The van der Waals surface area contributed by atoms with Gasteiger partial charge in [-0.15, -0.1) is 0 Å². The van der Waals surface area contributed by atoms with E-state index in [1.54, 1.807) is 43.3 Å². The monoisotopic (exact) mass is 254 g/mol. The Labute approximate surface area is 106 Å². The van der Waals surface area contributed by atoms with Crippen molar-refractivity contribution in [2.45, 2.75) is 6.61 Å². The van der Waals surface area contributed by atoms with E-state index in [0.29, 0.717) is 10.8 Å². The van der Waals surface area contributed by atoms with Crippen LogP contribution < -0.4 is 5.73 Å². The van der Waals surface area contributed by atoms with Gasteiger partial charge in [-0.2, -0.15) is 0 Å². The van der Waals surface area contributed by atoms with Crippen LogP contribution in [-0.4, -0.2) is 25.0 Å². The summed E-state index contributed by atoms with van der Waals surface area (Å²) in [6.07, 6.45) is 1.25. The number of nitrogens with two attached hydrogens (primary N) is 1. The molecule has 0 aliphatic carbocycles. The fourth-order valence-electron chi connectivity index (χ4n) is 1.03. The topological polar surface area (TPSA) is 55.6 Å². The molecule has 0 unspecified atom stereocenters. The van der Waals surface area contributed by atoms with Crippen LogP contribution in [0.15, 0.2) is 36.2 Å². The van der Waals surface area contributed by atoms with Gasteiger partial charge in [0, 0.05) is 19.1 Å². The Morgan fingerprint density at radius 1 is 1.41 bits per heavy atom. The minimum absolute atomic E-state index is 0.202. The van der Waals surface area contributed by atoms with E-state index in [4.69, 9.17) is 22.1 Å². The summed E-state index contributed by atoms with van der Waals surface area (Å²) in [4.78, 5) is 13.0. The predicted octanol–water partition coefficient (Wildman–Crippen LogP) is 1.74. The quantitative estimate of drug-likeness (QED) is 0.657. The second kappa shape index (κ2) is 6.15. The molecule has 0 heterocycles. The number of carbonyl (C=O) groups excluding carboxylic acids is 1. The Balaban J connectivity index is 2.49. The van der Waals surface area contributed by atoms with Gasteiger partial charge in [0.05, 0.1) is 6.08 Å². The second-order valence-electron chi connectivity index (χ2n) is 3.70. The number of esters is 1. The molecule has 0 fully saturated rings. The van der Waals surface area contributed by atoms with Crippen molar-refractivity contribution in [3.05, 3.63) is 46.7 Å². The largest absolute Gasteiger partial charge is 0.458 e. The molecule has 1 rings (SSSR count). The van der Waals surface area contributed by atoms with E-state index < -0.39 is 5.97 Å². The lowest BCUT2D eigenvalue weighted by molar-refractivity contribution is -0.139. The molecule has 0 bridgehead atoms. The zero-order chi connectivity index (χ0) is 12.8. The summed E-state index contributed by atoms with van der Waals surface area (Å²) >= 11 is 5.74. The molecular weight excluding hydrogens is 240 g/mol. The Hall–Kier alpha value is -1.68. The SMILES string of the molecule is CN(C)C(N)=CC(=O)OCc1ccc(Cl)cc1. The van der Waals surface area contributed by atoms with Gasteiger partial charge in [-0.25, -0.2) is 4.79 Å². The van der Waals surface area contributed by atoms with E-state index in [0.717, 1.165) is 5.56 Å². The molecule has 5 heteroatoms. The number of hydrogen-bond acceptors (Lipinski definition) is 4. The highest BCUT2D eigenvalue weighted by Gasteiger charge is 2.02. The summed E-state index contributed by atoms with van der Waals surface area (Å²) in [5.74, 6) is -0.114. The zero-order valence-electron chi connectivity index (χ0n) is 9.81. The molecule has 17 heavy (non-hydrogen) atoms. The van der Waals surface area contributed by atoms with Gasteiger partial charge in [0.15, 0.2) is 0 Å². The van der Waals surface area contributed by atoms with Crippen LogP contribution in [0.1, 0.15) is 5.56 Å². The number of rotatable bonds is 4. The van der Waals surface area contributed by atoms with Gasteiger partial charge in [-0.3, -0.25) is 0 Å². The number of halogens is 1. The van der Waals surface area contributed by atoms with E-state index in [-0.39, 0.29) is 6.61 Å². The zero-order valence-corrected chi connectivity index (χ0v) is 10.6. The molecule has 0 aromatic heterocycles. The maximum absolute atomic E-state index is 11.4. The van der Waals surface area contributed by atoms with Gasteiger partial charge >= 0.3 is 5.97 Å². The highest BCUT2D eigenvalue weighted by Crippen LogP contribution is 2.10. The number of ether oxygens (including phenoxy) is 1. The van der Waals surface area contributed by atoms with Crippen molar-refractivity contribution >= 4 is 17.6 Å². The first-order valence-electron chi connectivity index (χ1n) is 5.04. The molecule has 1 aromatic rings. The summed E-state index contributed by atoms with van der Waals surface area (Å²) in [6, 6.07) is 7.09. The maximum Gasteiger partial charge on any atom is 0.334 e. The van der Waals surface area contributed by atoms with Crippen LogP contribution in [0, 0.1) is 0 Å². The summed E-state index contributed by atoms with van der Waals surface area (Å²) in [5, 5.41) is 0.650. The van der Waals surface area contributed by atoms with Crippen LogP contribution in [-0.2, 0) is 16.1 Å². The molecular formula is C12H15ClN2O2. The van der Waals surface area contributed by atoms with Crippen LogP contribution in [0.25, 0.3) is 0 Å². The first-order valence-corrected chi connectivity index (χ1v) is 5.42. The third-order valence-electron chi connectivity index (χ3n) is 2.08. The fourth-order valence-corrected chi connectivity index (χ4v) is 1.15. The molecule has 0 radical (unpaired) electrons. The average Bonchev–Trinajstić information content (AvgIpc) is 2.28. The molecule has 92 valence electrons. The van der Waals surface area contributed by atoms with E-state index in [9.17, 15) is 4.79 Å². The molecule has 0 aliphatic rings. The molecule has 0 amide bonds. The number of hydrogen-bond donors (Lipinski definition) is 1. The van der Waals surface area contributed by atoms with Crippen molar-refractivity contribution in [1.29, 1.82) is 0 Å². The summed E-state index contributed by atoms with van der Waals surface area (Å²) in [5.41, 5.74) is 6.45. The first-order chi connectivity index (χ1) is 7.99. The molecule has 0 saturated heterocycles. The summed E-state index contributed by atoms with van der Waals surface area (Å²) < 4.78 is 5.02. The van der Waals surface area contributed by atoms with Crippen molar-refractivity contribution in [3.63, 3.8) is 0 Å². The molecule has 4 nitrogen and oxygen atoms in total. The van der Waals surface area contributed by atoms with Gasteiger partial charge in [-0.1, -0.05) is 23.7 Å². The number of benzene rings is 1. The van der Waals surface area contributed by atoms with Crippen molar-refractivity contribution in [3.8, 4) is 0 Å². The smallest absolute Gasteiger partial charge is 0.334 e. The Morgan fingerprint density at radius 2 is 2.00 bits per heavy atom. The van der Waals surface area contributed by atoms with Crippen LogP contribution in [0.4, 0.5) is 0 Å². The Morgan fingerprint density at radius 3 is 2.53 bits per heavy atom. The van der Waals surface area contributed by atoms with Crippen molar-refractivity contribution in [1.82, 2.24) is 4.90 Å². The van der Waals surface area contributed by atoms with E-state index >= 15 is 0 Å². The van der Waals surface area contributed by atoms with Crippen molar-refractivity contribution in [2.75, 3.05) is 14.1 Å². The van der Waals surface area contributed by atoms with E-state index in [1.165, 1.54) is 6.08 Å². The lowest BCUT2D eigenvalue weighted by Crippen LogP contribution is -2.20. The second-order valence-corrected chi connectivity index (χ2v) is 4.13. The third-order valence-corrected chi connectivity index (χ3v) is 2.33.